The Morgan fingerprint density at radius 2 is 1.91 bits per heavy atom. The Balaban J connectivity index is 1.47. The van der Waals surface area contributed by atoms with Gasteiger partial charge >= 0.3 is 0 Å². The first kappa shape index (κ1) is 17.1. The van der Waals surface area contributed by atoms with Gasteiger partial charge in [-0.3, -0.25) is 4.79 Å². The number of hydrogen-bond acceptors (Lipinski definition) is 2. The van der Waals surface area contributed by atoms with Gasteiger partial charge in [0.25, 0.3) is 5.91 Å². The fraction of sp³-hybridized carbons (Fsp3) is 0.611. The van der Waals surface area contributed by atoms with E-state index in [-0.39, 0.29) is 17.8 Å². The smallest absolute Gasteiger partial charge is 0.252 e. The molecule has 2 aliphatic rings. The van der Waals surface area contributed by atoms with Crippen molar-refractivity contribution in [2.24, 2.45) is 5.92 Å². The number of carbonyl (C=O) groups is 1. The molecule has 1 amide bonds. The molecule has 1 heterocycles. The first-order valence-corrected chi connectivity index (χ1v) is 9.68. The quantitative estimate of drug-likeness (QED) is 0.737. The largest absolute Gasteiger partial charge is 0.349 e. The van der Waals surface area contributed by atoms with Crippen LogP contribution in [0.3, 0.4) is 0 Å². The van der Waals surface area contributed by atoms with Gasteiger partial charge in [-0.1, -0.05) is 12.8 Å². The summed E-state index contributed by atoms with van der Waals surface area (Å²) >= 11 is 2.02. The maximum Gasteiger partial charge on any atom is 0.252 e. The van der Waals surface area contributed by atoms with E-state index in [1.54, 1.807) is 6.07 Å². The van der Waals surface area contributed by atoms with E-state index in [1.165, 1.54) is 44.4 Å². The van der Waals surface area contributed by atoms with Crippen molar-refractivity contribution < 1.29 is 9.18 Å². The summed E-state index contributed by atoms with van der Waals surface area (Å²) in [4.78, 5) is 14.9. The molecule has 126 valence electrons. The van der Waals surface area contributed by atoms with E-state index in [0.29, 0.717) is 9.13 Å². The predicted molar refractivity (Wildman–Crippen MR) is 98.0 cm³/mol. The molecular formula is C18H24FIN2O. The van der Waals surface area contributed by atoms with Crippen LogP contribution in [-0.2, 0) is 0 Å². The second kappa shape index (κ2) is 7.92. The van der Waals surface area contributed by atoms with Gasteiger partial charge in [-0.25, -0.2) is 4.39 Å². The average molecular weight is 430 g/mol. The van der Waals surface area contributed by atoms with Crippen LogP contribution in [0.25, 0.3) is 0 Å². The van der Waals surface area contributed by atoms with Crippen molar-refractivity contribution in [2.75, 3.05) is 19.6 Å². The van der Waals surface area contributed by atoms with Crippen LogP contribution in [0, 0.1) is 15.3 Å². The van der Waals surface area contributed by atoms with Gasteiger partial charge in [0, 0.05) is 29.2 Å². The number of piperidine rings is 1. The summed E-state index contributed by atoms with van der Waals surface area (Å²) < 4.78 is 13.8. The van der Waals surface area contributed by atoms with Crippen molar-refractivity contribution in [1.82, 2.24) is 10.2 Å². The lowest BCUT2D eigenvalue weighted by atomic mass is 10.0. The molecule has 0 bridgehead atoms. The van der Waals surface area contributed by atoms with Crippen molar-refractivity contribution in [3.8, 4) is 0 Å². The molecule has 0 unspecified atom stereocenters. The molecule has 5 heteroatoms. The van der Waals surface area contributed by atoms with Gasteiger partial charge in [-0.2, -0.15) is 0 Å². The SMILES string of the molecule is O=C(NC1CCN(CC2CCCC2)CC1)c1ccc(F)cc1I. The minimum Gasteiger partial charge on any atom is -0.349 e. The highest BCUT2D eigenvalue weighted by molar-refractivity contribution is 14.1. The first-order valence-electron chi connectivity index (χ1n) is 8.60. The molecule has 1 aliphatic heterocycles. The van der Waals surface area contributed by atoms with Crippen molar-refractivity contribution in [1.29, 1.82) is 0 Å². The molecule has 0 atom stereocenters. The Morgan fingerprint density at radius 3 is 2.57 bits per heavy atom. The molecule has 3 rings (SSSR count). The highest BCUT2D eigenvalue weighted by Crippen LogP contribution is 2.26. The second-order valence-corrected chi connectivity index (χ2v) is 7.99. The number of nitrogens with zero attached hydrogens (tertiary/aromatic N) is 1. The molecule has 1 N–H and O–H groups in total. The highest BCUT2D eigenvalue weighted by atomic mass is 127. The summed E-state index contributed by atoms with van der Waals surface area (Å²) in [7, 11) is 0. The summed E-state index contributed by atoms with van der Waals surface area (Å²) in [5, 5.41) is 3.12. The number of rotatable bonds is 4. The third kappa shape index (κ3) is 4.66. The Morgan fingerprint density at radius 1 is 1.22 bits per heavy atom. The minimum atomic E-state index is -0.300. The van der Waals surface area contributed by atoms with Crippen molar-refractivity contribution in [3.63, 3.8) is 0 Å². The Hall–Kier alpha value is -0.690. The Labute approximate surface area is 151 Å². The van der Waals surface area contributed by atoms with Gasteiger partial charge in [0.05, 0.1) is 5.56 Å². The highest BCUT2D eigenvalue weighted by Gasteiger charge is 2.24. The van der Waals surface area contributed by atoms with E-state index >= 15 is 0 Å². The lowest BCUT2D eigenvalue weighted by Gasteiger charge is -2.33. The summed E-state index contributed by atoms with van der Waals surface area (Å²) in [5.74, 6) is 0.511. The molecule has 0 spiro atoms. The molecule has 3 nitrogen and oxygen atoms in total. The first-order chi connectivity index (χ1) is 11.1. The van der Waals surface area contributed by atoms with Crippen LogP contribution in [0.1, 0.15) is 48.9 Å². The fourth-order valence-electron chi connectivity index (χ4n) is 3.75. The molecule has 2 fully saturated rings. The molecule has 23 heavy (non-hydrogen) atoms. The second-order valence-electron chi connectivity index (χ2n) is 6.82. The van der Waals surface area contributed by atoms with Crippen LogP contribution in [-0.4, -0.2) is 36.5 Å². The Bertz CT molecular complexity index is 552. The third-order valence-corrected chi connectivity index (χ3v) is 5.98. The van der Waals surface area contributed by atoms with Gasteiger partial charge in [0.15, 0.2) is 0 Å². The molecular weight excluding hydrogens is 406 g/mol. The molecule has 1 aromatic carbocycles. The maximum absolute atomic E-state index is 13.1. The molecule has 1 saturated heterocycles. The lowest BCUT2D eigenvalue weighted by Crippen LogP contribution is -2.45. The van der Waals surface area contributed by atoms with Gasteiger partial charge in [-0.05, 0) is 72.4 Å². The van der Waals surface area contributed by atoms with Crippen LogP contribution in [0.5, 0.6) is 0 Å². The Kier molecular flexibility index (Phi) is 5.91. The molecule has 0 radical (unpaired) electrons. The van der Waals surface area contributed by atoms with Gasteiger partial charge in [0.1, 0.15) is 5.82 Å². The van der Waals surface area contributed by atoms with Crippen LogP contribution in [0.4, 0.5) is 4.39 Å². The number of carbonyl (C=O) groups excluding carboxylic acids is 1. The number of hydrogen-bond donors (Lipinski definition) is 1. The van der Waals surface area contributed by atoms with Crippen LogP contribution >= 0.6 is 22.6 Å². The number of amides is 1. The van der Waals surface area contributed by atoms with Crippen molar-refractivity contribution >= 4 is 28.5 Å². The third-order valence-electron chi connectivity index (χ3n) is 5.09. The number of benzene rings is 1. The van der Waals surface area contributed by atoms with E-state index < -0.39 is 0 Å². The summed E-state index contributed by atoms with van der Waals surface area (Å²) in [6, 6.07) is 4.56. The van der Waals surface area contributed by atoms with Crippen LogP contribution < -0.4 is 5.32 Å². The number of halogens is 2. The van der Waals surface area contributed by atoms with Crippen LogP contribution in [0.2, 0.25) is 0 Å². The summed E-state index contributed by atoms with van der Waals surface area (Å²) in [5.41, 5.74) is 0.570. The standard InChI is InChI=1S/C18H24FIN2O/c19-14-5-6-16(17(20)11-14)18(23)21-15-7-9-22(10-8-15)12-13-3-1-2-4-13/h5-6,11,13,15H,1-4,7-10,12H2,(H,21,23). The van der Waals surface area contributed by atoms with Gasteiger partial charge in [-0.15, -0.1) is 0 Å². The summed E-state index contributed by atoms with van der Waals surface area (Å²) in [6.45, 7) is 3.38. The maximum atomic E-state index is 13.1. The molecule has 0 aromatic heterocycles. The zero-order valence-electron chi connectivity index (χ0n) is 13.4. The van der Waals surface area contributed by atoms with Gasteiger partial charge in [0.2, 0.25) is 0 Å². The van der Waals surface area contributed by atoms with E-state index in [9.17, 15) is 9.18 Å². The van der Waals surface area contributed by atoms with Crippen molar-refractivity contribution in [2.45, 2.75) is 44.6 Å². The summed E-state index contributed by atoms with van der Waals surface area (Å²) in [6.07, 6.45) is 7.59. The predicted octanol–water partition coefficient (Wildman–Crippen LogP) is 3.81. The zero-order valence-corrected chi connectivity index (χ0v) is 15.5. The topological polar surface area (TPSA) is 32.3 Å². The van der Waals surface area contributed by atoms with Crippen LogP contribution in [0.15, 0.2) is 18.2 Å². The number of nitrogens with one attached hydrogen (secondary N) is 1. The molecule has 1 aliphatic carbocycles. The normalized spacial score (nSPS) is 20.8. The molecule has 1 saturated carbocycles. The monoisotopic (exact) mass is 430 g/mol. The van der Waals surface area contributed by atoms with E-state index in [4.69, 9.17) is 0 Å². The van der Waals surface area contributed by atoms with E-state index in [1.807, 2.05) is 22.6 Å². The lowest BCUT2D eigenvalue weighted by molar-refractivity contribution is 0.0905. The zero-order chi connectivity index (χ0) is 16.2. The molecule has 1 aromatic rings. The van der Waals surface area contributed by atoms with E-state index in [0.717, 1.165) is 31.8 Å². The van der Waals surface area contributed by atoms with E-state index in [2.05, 4.69) is 10.2 Å². The average Bonchev–Trinajstić information content (AvgIpc) is 3.02. The van der Waals surface area contributed by atoms with Crippen molar-refractivity contribution in [3.05, 3.63) is 33.1 Å². The fourth-order valence-corrected chi connectivity index (χ4v) is 4.48. The minimum absolute atomic E-state index is 0.0800. The number of likely N-dealkylation sites (tertiary alicyclic amines) is 1. The van der Waals surface area contributed by atoms with Gasteiger partial charge < -0.3 is 10.2 Å².